The highest BCUT2D eigenvalue weighted by atomic mass is 16.5. The summed E-state index contributed by atoms with van der Waals surface area (Å²) in [6.45, 7) is -0.0524. The summed E-state index contributed by atoms with van der Waals surface area (Å²) in [5, 5.41) is 8.93. The predicted octanol–water partition coefficient (Wildman–Crippen LogP) is -0.922. The van der Waals surface area contributed by atoms with E-state index in [-0.39, 0.29) is 24.2 Å². The number of ether oxygens (including phenoxy) is 1. The van der Waals surface area contributed by atoms with Gasteiger partial charge in [-0.05, 0) is 12.8 Å². The third-order valence-corrected chi connectivity index (χ3v) is 2.61. The van der Waals surface area contributed by atoms with Crippen LogP contribution in [0.2, 0.25) is 0 Å². The van der Waals surface area contributed by atoms with Crippen molar-refractivity contribution < 1.29 is 9.84 Å². The number of nitrogens with zero attached hydrogens (tertiary/aromatic N) is 2. The summed E-state index contributed by atoms with van der Waals surface area (Å²) in [7, 11) is 0. The Bertz CT molecular complexity index is 445. The third-order valence-electron chi connectivity index (χ3n) is 2.61. The van der Waals surface area contributed by atoms with Crippen molar-refractivity contribution in [3.63, 3.8) is 0 Å². The van der Waals surface area contributed by atoms with Crippen LogP contribution in [0.3, 0.4) is 0 Å². The number of hydrogen-bond acceptors (Lipinski definition) is 6. The van der Waals surface area contributed by atoms with Crippen LogP contribution >= 0.6 is 0 Å². The number of aliphatic hydroxyl groups excluding tert-OH is 1. The average molecular weight is 226 g/mol. The lowest BCUT2D eigenvalue weighted by atomic mass is 10.2. The number of aromatic nitrogens is 2. The van der Waals surface area contributed by atoms with Gasteiger partial charge in [-0.2, -0.15) is 4.98 Å². The highest BCUT2D eigenvalue weighted by Crippen LogP contribution is 2.27. The molecule has 0 unspecified atom stereocenters. The molecule has 88 valence electrons. The maximum atomic E-state index is 11.5. The Balaban J connectivity index is 2.28. The molecule has 7 nitrogen and oxygen atoms in total. The lowest BCUT2D eigenvalue weighted by Gasteiger charge is -2.15. The van der Waals surface area contributed by atoms with Crippen molar-refractivity contribution in [1.82, 2.24) is 9.55 Å². The molecule has 0 amide bonds. The van der Waals surface area contributed by atoms with Crippen LogP contribution in [0.1, 0.15) is 19.1 Å². The second-order valence-electron chi connectivity index (χ2n) is 3.74. The van der Waals surface area contributed by atoms with Crippen LogP contribution < -0.4 is 17.2 Å². The zero-order valence-corrected chi connectivity index (χ0v) is 8.67. The summed E-state index contributed by atoms with van der Waals surface area (Å²) in [4.78, 5) is 15.1. The van der Waals surface area contributed by atoms with Crippen molar-refractivity contribution in [1.29, 1.82) is 0 Å². The highest BCUT2D eigenvalue weighted by Gasteiger charge is 2.27. The molecule has 0 radical (unpaired) electrons. The van der Waals surface area contributed by atoms with Crippen LogP contribution in [0.25, 0.3) is 0 Å². The van der Waals surface area contributed by atoms with E-state index in [0.717, 1.165) is 0 Å². The van der Waals surface area contributed by atoms with E-state index in [1.807, 2.05) is 0 Å². The fourth-order valence-electron chi connectivity index (χ4n) is 1.73. The van der Waals surface area contributed by atoms with E-state index in [1.165, 1.54) is 10.8 Å². The Labute approximate surface area is 91.6 Å². The van der Waals surface area contributed by atoms with Gasteiger partial charge in [-0.15, -0.1) is 0 Å². The van der Waals surface area contributed by atoms with Crippen LogP contribution in [0.4, 0.5) is 11.5 Å². The molecule has 0 spiro atoms. The minimum Gasteiger partial charge on any atom is -0.395 e. The molecule has 16 heavy (non-hydrogen) atoms. The second-order valence-corrected chi connectivity index (χ2v) is 3.74. The topological polar surface area (TPSA) is 116 Å². The van der Waals surface area contributed by atoms with Crippen LogP contribution in [0, 0.1) is 0 Å². The number of rotatable bonds is 2. The first-order valence-corrected chi connectivity index (χ1v) is 5.02. The first kappa shape index (κ1) is 10.9. The molecule has 1 aliphatic rings. The van der Waals surface area contributed by atoms with Gasteiger partial charge in [-0.25, -0.2) is 4.79 Å². The molecule has 1 saturated heterocycles. The quantitative estimate of drug-likeness (QED) is 0.600. The van der Waals surface area contributed by atoms with Gasteiger partial charge in [0.1, 0.15) is 6.23 Å². The second kappa shape index (κ2) is 4.11. The maximum Gasteiger partial charge on any atom is 0.351 e. The van der Waals surface area contributed by atoms with Crippen molar-refractivity contribution in [2.45, 2.75) is 25.2 Å². The molecule has 5 N–H and O–H groups in total. The van der Waals surface area contributed by atoms with Crippen LogP contribution in [0.15, 0.2) is 11.0 Å². The molecular weight excluding hydrogens is 212 g/mol. The lowest BCUT2D eigenvalue weighted by Crippen LogP contribution is -2.28. The molecule has 1 aromatic rings. The number of nitrogen functional groups attached to an aromatic ring is 2. The predicted molar refractivity (Wildman–Crippen MR) is 57.6 cm³/mol. The van der Waals surface area contributed by atoms with E-state index in [4.69, 9.17) is 21.3 Å². The Morgan fingerprint density at radius 1 is 1.56 bits per heavy atom. The summed E-state index contributed by atoms with van der Waals surface area (Å²) in [5.41, 5.74) is 10.7. The molecule has 2 atom stereocenters. The van der Waals surface area contributed by atoms with Gasteiger partial charge in [0, 0.05) is 6.20 Å². The molecule has 1 aliphatic heterocycles. The normalized spacial score (nSPS) is 24.8. The van der Waals surface area contributed by atoms with Crippen molar-refractivity contribution in [3.8, 4) is 0 Å². The molecule has 0 aliphatic carbocycles. The highest BCUT2D eigenvalue weighted by molar-refractivity contribution is 5.55. The molecule has 1 aromatic heterocycles. The largest absolute Gasteiger partial charge is 0.395 e. The molecule has 1 fully saturated rings. The Hall–Kier alpha value is -1.60. The van der Waals surface area contributed by atoms with E-state index >= 15 is 0 Å². The van der Waals surface area contributed by atoms with Gasteiger partial charge < -0.3 is 21.3 Å². The van der Waals surface area contributed by atoms with Crippen LogP contribution in [-0.4, -0.2) is 27.4 Å². The van der Waals surface area contributed by atoms with E-state index in [0.29, 0.717) is 12.8 Å². The molecule has 2 heterocycles. The van der Waals surface area contributed by atoms with Gasteiger partial charge in [0.15, 0.2) is 5.82 Å². The third kappa shape index (κ3) is 1.86. The summed E-state index contributed by atoms with van der Waals surface area (Å²) in [6, 6.07) is 0. The fraction of sp³-hybridized carbons (Fsp3) is 0.556. The standard InChI is InChI=1S/C9H14N4O3/c10-6-3-13(9(15)12-8(6)11)7-2-1-5(4-14)16-7/h3,5,7,14H,1-2,4,10H2,(H2,11,12,15)/t5-,7+/m0/s1. The summed E-state index contributed by atoms with van der Waals surface area (Å²) in [6.07, 6.45) is 2.14. The van der Waals surface area contributed by atoms with Crippen LogP contribution in [-0.2, 0) is 4.74 Å². The van der Waals surface area contributed by atoms with Gasteiger partial charge in [-0.1, -0.05) is 0 Å². The number of aliphatic hydroxyl groups is 1. The Morgan fingerprint density at radius 2 is 2.31 bits per heavy atom. The zero-order chi connectivity index (χ0) is 11.7. The smallest absolute Gasteiger partial charge is 0.351 e. The number of anilines is 2. The fourth-order valence-corrected chi connectivity index (χ4v) is 1.73. The van der Waals surface area contributed by atoms with E-state index in [2.05, 4.69) is 4.98 Å². The van der Waals surface area contributed by atoms with Gasteiger partial charge in [-0.3, -0.25) is 4.57 Å². The SMILES string of the molecule is Nc1cn([C@H]2CC[C@@H](CO)O2)c(=O)nc1N. The number of hydrogen-bond donors (Lipinski definition) is 3. The van der Waals surface area contributed by atoms with E-state index in [1.54, 1.807) is 0 Å². The molecule has 0 aromatic carbocycles. The van der Waals surface area contributed by atoms with Crippen molar-refractivity contribution >= 4 is 11.5 Å². The van der Waals surface area contributed by atoms with Gasteiger partial charge >= 0.3 is 5.69 Å². The van der Waals surface area contributed by atoms with Crippen molar-refractivity contribution in [3.05, 3.63) is 16.7 Å². The zero-order valence-electron chi connectivity index (χ0n) is 8.67. The first-order chi connectivity index (χ1) is 7.61. The van der Waals surface area contributed by atoms with Gasteiger partial charge in [0.2, 0.25) is 0 Å². The summed E-state index contributed by atoms with van der Waals surface area (Å²) in [5.74, 6) is 0.0259. The number of nitrogens with two attached hydrogens (primary N) is 2. The monoisotopic (exact) mass is 226 g/mol. The van der Waals surface area contributed by atoms with E-state index < -0.39 is 11.9 Å². The molecule has 0 bridgehead atoms. The minimum atomic E-state index is -0.490. The molecule has 0 saturated carbocycles. The molecular formula is C9H14N4O3. The summed E-state index contributed by atoms with van der Waals surface area (Å²) >= 11 is 0. The molecule has 2 rings (SSSR count). The minimum absolute atomic E-state index is 0.0259. The summed E-state index contributed by atoms with van der Waals surface area (Å²) < 4.78 is 6.76. The first-order valence-electron chi connectivity index (χ1n) is 5.02. The molecule has 7 heteroatoms. The van der Waals surface area contributed by atoms with Gasteiger partial charge in [0.05, 0.1) is 18.4 Å². The van der Waals surface area contributed by atoms with Crippen LogP contribution in [0.5, 0.6) is 0 Å². The lowest BCUT2D eigenvalue weighted by molar-refractivity contribution is -0.0244. The average Bonchev–Trinajstić information content (AvgIpc) is 2.71. The maximum absolute atomic E-state index is 11.5. The van der Waals surface area contributed by atoms with Crippen molar-refractivity contribution in [2.24, 2.45) is 0 Å². The Kier molecular flexibility index (Phi) is 2.80. The van der Waals surface area contributed by atoms with Gasteiger partial charge in [0.25, 0.3) is 0 Å². The van der Waals surface area contributed by atoms with Crippen molar-refractivity contribution in [2.75, 3.05) is 18.1 Å². The Morgan fingerprint density at radius 3 is 2.94 bits per heavy atom. The van der Waals surface area contributed by atoms with E-state index in [9.17, 15) is 4.79 Å².